The van der Waals surface area contributed by atoms with E-state index < -0.39 is 17.4 Å². The van der Waals surface area contributed by atoms with Gasteiger partial charge in [-0.15, -0.1) is 0 Å². The summed E-state index contributed by atoms with van der Waals surface area (Å²) in [5, 5.41) is 25.0. The SMILES string of the molecule is CCC(=O)OC(C)CC.CCC(C)(C)C(=O)O.CCC(C)(C)C(=O)OC.CCC(C)C(=O)O.CCC(C)C(=O)OC.CCC(C)O.CCC(C)OC.CCC(C)OC(C)=O.CCC(C)OC=O.CCCCC(=O)OC(C)CC.CCCCOC(=O)C(C)(C)CC.CCCCOC(=O)C(C)CC.CCCCOC(C)CC.CCOC(=O)C(C)(C)CC.CCOC(=O)C(C)CC.CCOC(C)CC. The van der Waals surface area contributed by atoms with Crippen LogP contribution in [0.1, 0.15) is 479 Å². The van der Waals surface area contributed by atoms with Gasteiger partial charge in [0.25, 0.3) is 6.47 Å². The minimum Gasteiger partial charge on any atom is -0.481 e. The first-order valence-corrected chi connectivity index (χ1v) is 51.4. The first-order valence-electron chi connectivity index (χ1n) is 51.4. The van der Waals surface area contributed by atoms with Crippen LogP contribution in [0.5, 0.6) is 0 Å². The fraction of sp³-hybridized carbons (Fsp3) is 0.889. The van der Waals surface area contributed by atoms with Crippen LogP contribution in [0.2, 0.25) is 0 Å². The van der Waals surface area contributed by atoms with E-state index in [2.05, 4.69) is 83.4 Å². The molecule has 0 bridgehead atoms. The highest BCUT2D eigenvalue weighted by Gasteiger charge is 2.29. The van der Waals surface area contributed by atoms with Crippen LogP contribution in [0.4, 0.5) is 0 Å². The van der Waals surface area contributed by atoms with Crippen molar-refractivity contribution in [1.29, 1.82) is 0 Å². The zero-order valence-electron chi connectivity index (χ0n) is 97.2. The predicted molar refractivity (Wildman–Crippen MR) is 559 cm³/mol. The first-order chi connectivity index (χ1) is 63.0. The predicted octanol–water partition coefficient (Wildman–Crippen LogP) is 27.3. The lowest BCUT2D eigenvalue weighted by Gasteiger charge is -2.19. The lowest BCUT2D eigenvalue weighted by Crippen LogP contribution is -2.26. The maximum absolute atomic E-state index is 11.3. The Morgan fingerprint density at radius 3 is 0.846 bits per heavy atom. The first kappa shape index (κ1) is 166. The zero-order chi connectivity index (χ0) is 111. The van der Waals surface area contributed by atoms with Gasteiger partial charge in [-0.3, -0.25) is 57.5 Å². The summed E-state index contributed by atoms with van der Waals surface area (Å²) in [6.07, 6.45) is 25.3. The number of ether oxygens (including phenoxy) is 13. The molecule has 28 nitrogen and oxygen atoms in total. The number of hydrogen-bond donors (Lipinski definition) is 3. The molecule has 0 heterocycles. The number of carboxylic acids is 2. The van der Waals surface area contributed by atoms with Crippen molar-refractivity contribution < 1.29 is 134 Å². The van der Waals surface area contributed by atoms with Gasteiger partial charge in [0.1, 0.15) is 0 Å². The standard InChI is InChI=1S/C10H20O2.2C9H18O2.C8H16O2.C8H18O.3C7H14O2.3C6H12O2.C6H14O.2C5H10O2.C5H12O.C4H10O/c1-5-7-8-12-9(11)10(3,4)6-2;1-4-6-7-11-9(10)8(3)5-2;1-4-6-7-9(10)11-8(3)5-2;1-5-8(3,4)7(9)10-6-2;1-4-6-7-9-8(3)5-2;1-5-7(2,3)6(8)9-4;1-4-6(3)7(8)9-5-2;1-4-6(3)9-7(8)5-2;1-4-6(2,3)5(7)8;1-4-5(2)6(7)8-3;1-4-5(2)8-6(3)7;1-4-6(3)7-5-2;1-3-5(2)7-4-6;1-3-4(2)5(6)7;1-4-5(2)6-3;1-3-4(2)5/h5-8H2,1-4H3;2*8H,4-7H2,1-3H3;5-6H2,1-4H3;8H,4-7H2,1-3H3;5H2,1-4H3;2*6H,4-5H2,1-3H3;4H2,1-3H3,(H,7,8);2*5H,4H2,1-3H3;6H,4-5H2,1-3H3;4-5H,3H2,1-2H3;4H,3H2,1-2H3,(H,6,7);5H,4H2,1-3H3;4-5H,3H2,1-2H3. The van der Waals surface area contributed by atoms with Gasteiger partial charge in [0.2, 0.25) is 0 Å². The molecule has 0 radical (unpaired) electrons. The van der Waals surface area contributed by atoms with Crippen LogP contribution in [0.15, 0.2) is 0 Å². The van der Waals surface area contributed by atoms with Gasteiger partial charge >= 0.3 is 65.7 Å². The van der Waals surface area contributed by atoms with E-state index in [1.54, 1.807) is 41.7 Å². The number of aliphatic hydroxyl groups excluding tert-OH is 1. The van der Waals surface area contributed by atoms with Crippen molar-refractivity contribution in [2.75, 3.05) is 61.0 Å². The van der Waals surface area contributed by atoms with Gasteiger partial charge in [0.15, 0.2) is 0 Å². The lowest BCUT2D eigenvalue weighted by molar-refractivity contribution is -0.154. The molecule has 0 aliphatic heterocycles. The molecule has 0 aromatic rings. The maximum atomic E-state index is 11.3. The van der Waals surface area contributed by atoms with Crippen molar-refractivity contribution in [3.05, 3.63) is 0 Å². The van der Waals surface area contributed by atoms with Crippen molar-refractivity contribution >= 4 is 72.1 Å². The molecular formula is C108H224O28. The zero-order valence-corrected chi connectivity index (χ0v) is 97.2. The molecule has 0 aromatic carbocycles. The average Bonchev–Trinajstić information content (AvgIpc) is 0.909. The number of esters is 9. The normalized spacial score (nSPS) is 12.7. The number of unbranched alkanes of at least 4 members (excludes halogenated alkanes) is 4. The summed E-state index contributed by atoms with van der Waals surface area (Å²) < 4.78 is 63.5. The number of hydrogen-bond acceptors (Lipinski definition) is 26. The van der Waals surface area contributed by atoms with E-state index in [0.29, 0.717) is 70.5 Å². The van der Waals surface area contributed by atoms with Gasteiger partial charge in [-0.1, -0.05) is 199 Å². The van der Waals surface area contributed by atoms with Gasteiger partial charge in [0, 0.05) is 40.1 Å². The van der Waals surface area contributed by atoms with Crippen LogP contribution in [-0.2, 0) is 119 Å². The van der Waals surface area contributed by atoms with Crippen molar-refractivity contribution in [1.82, 2.24) is 0 Å². The van der Waals surface area contributed by atoms with Crippen LogP contribution in [-0.4, -0.2) is 197 Å². The fourth-order valence-corrected chi connectivity index (χ4v) is 6.06. The van der Waals surface area contributed by atoms with E-state index in [1.165, 1.54) is 34.0 Å². The maximum Gasteiger partial charge on any atom is 0.311 e. The van der Waals surface area contributed by atoms with Crippen LogP contribution in [0.25, 0.3) is 0 Å². The number of aliphatic carboxylic acids is 2. The van der Waals surface area contributed by atoms with Crippen LogP contribution >= 0.6 is 0 Å². The molecule has 0 aliphatic rings. The molecule has 12 unspecified atom stereocenters. The van der Waals surface area contributed by atoms with Crippen LogP contribution in [0, 0.1) is 45.3 Å². The third-order valence-electron chi connectivity index (χ3n) is 21.0. The Morgan fingerprint density at radius 1 is 0.316 bits per heavy atom. The Balaban J connectivity index is -0.0000000810. The Bertz CT molecular complexity index is 2620. The Labute approximate surface area is 836 Å². The molecule has 12 atom stereocenters. The second-order valence-corrected chi connectivity index (χ2v) is 35.3. The van der Waals surface area contributed by atoms with Gasteiger partial charge in [-0.2, -0.15) is 0 Å². The molecular weight excluding hydrogens is 1750 g/mol. The van der Waals surface area contributed by atoms with Gasteiger partial charge in [0.05, 0.1) is 135 Å². The molecule has 0 aliphatic carbocycles. The molecule has 824 valence electrons. The van der Waals surface area contributed by atoms with E-state index in [-0.39, 0.29) is 124 Å². The second kappa shape index (κ2) is 119. The third-order valence-corrected chi connectivity index (χ3v) is 21.0. The average molecular weight is 1970 g/mol. The molecule has 28 heteroatoms. The highest BCUT2D eigenvalue weighted by molar-refractivity contribution is 5.77. The Morgan fingerprint density at radius 2 is 0.632 bits per heavy atom. The minimum atomic E-state index is -0.722. The summed E-state index contributed by atoms with van der Waals surface area (Å²) in [6.45, 7) is 91.3. The topological polar surface area (TPSA) is 386 Å². The number of aliphatic hydroxyl groups is 1. The van der Waals surface area contributed by atoms with Gasteiger partial charge in [-0.05, 0) is 260 Å². The third kappa shape index (κ3) is 140. The Kier molecular flexibility index (Phi) is 145. The van der Waals surface area contributed by atoms with Crippen molar-refractivity contribution in [3.63, 3.8) is 0 Å². The van der Waals surface area contributed by atoms with Crippen LogP contribution in [0.3, 0.4) is 0 Å². The number of carboxylic acid groups (broad SMARTS) is 2. The van der Waals surface area contributed by atoms with E-state index >= 15 is 0 Å². The summed E-state index contributed by atoms with van der Waals surface area (Å²) in [5.41, 5.74) is -1.47. The molecule has 0 spiro atoms. The Hall–Kier alpha value is -6.52. The van der Waals surface area contributed by atoms with E-state index in [0.717, 1.165) is 148 Å². The summed E-state index contributed by atoms with van der Waals surface area (Å²) in [5.74, 6) is -2.35. The van der Waals surface area contributed by atoms with Gasteiger partial charge in [-0.25, -0.2) is 0 Å². The van der Waals surface area contributed by atoms with E-state index in [4.69, 9.17) is 62.7 Å². The fourth-order valence-electron chi connectivity index (χ4n) is 6.06. The molecule has 0 aromatic heterocycles. The van der Waals surface area contributed by atoms with E-state index in [9.17, 15) is 57.5 Å². The molecule has 136 heavy (non-hydrogen) atoms. The molecule has 0 fully saturated rings. The molecule has 0 amide bonds. The highest BCUT2D eigenvalue weighted by atomic mass is 16.6. The summed E-state index contributed by atoms with van der Waals surface area (Å²) in [4.78, 5) is 127. The largest absolute Gasteiger partial charge is 0.481 e. The van der Waals surface area contributed by atoms with Crippen molar-refractivity contribution in [2.24, 2.45) is 45.3 Å². The number of methoxy groups -OCH3 is 3. The highest BCUT2D eigenvalue weighted by Crippen LogP contribution is 2.24. The molecule has 0 saturated carbocycles. The monoisotopic (exact) mass is 1970 g/mol. The minimum absolute atomic E-state index is 0.0544. The number of carbonyl (C=O) groups is 12. The van der Waals surface area contributed by atoms with Crippen LogP contribution < -0.4 is 0 Å². The summed E-state index contributed by atoms with van der Waals surface area (Å²) in [7, 11) is 4.56. The summed E-state index contributed by atoms with van der Waals surface area (Å²) >= 11 is 0. The summed E-state index contributed by atoms with van der Waals surface area (Å²) in [6, 6.07) is 0. The van der Waals surface area contributed by atoms with E-state index in [1.807, 2.05) is 201 Å². The number of rotatable bonds is 48. The second-order valence-electron chi connectivity index (χ2n) is 35.3. The van der Waals surface area contributed by atoms with Crippen molar-refractivity contribution in [2.45, 2.75) is 527 Å². The lowest BCUT2D eigenvalue weighted by atomic mass is 9.91. The van der Waals surface area contributed by atoms with Gasteiger partial charge < -0.3 is 76.9 Å². The quantitative estimate of drug-likeness (QED) is 0.0220. The molecule has 0 rings (SSSR count). The molecule has 3 N–H and O–H groups in total. The smallest absolute Gasteiger partial charge is 0.311 e. The van der Waals surface area contributed by atoms with Crippen molar-refractivity contribution in [3.8, 4) is 0 Å². The number of carbonyl (C=O) groups excluding carboxylic acids is 10. The molecule has 0 saturated heterocycles.